The summed E-state index contributed by atoms with van der Waals surface area (Å²) < 4.78 is 113. The molecule has 0 aromatic heterocycles. The molecule has 0 amide bonds. The Morgan fingerprint density at radius 3 is 2.59 bits per heavy atom. The monoisotopic (exact) mass is 424 g/mol. The number of carbonyl (C=O) groups is 1. The van der Waals surface area contributed by atoms with E-state index in [0.717, 1.165) is 0 Å². The van der Waals surface area contributed by atoms with Crippen LogP contribution in [0.2, 0.25) is 5.02 Å². The standard InChI is InChI=1S/C23H23ClN2O3/c24-20-8-2-6-18(13-20)22(27)15-25-10-11-26-21-9-3-5-17(14-21)16-4-1-7-19(12-16)23(28)29/h1-9,12-14,22,25-27H,10-11,15H2,(H,28,29)/t22-/m0/s1/i1D,2D,3D,4D,5D,6D,7D,8D,9D,10D2,12D,13D,14D. The first-order valence-electron chi connectivity index (χ1n) is 15.1. The van der Waals surface area contributed by atoms with Crippen molar-refractivity contribution in [3.8, 4) is 11.1 Å². The Morgan fingerprint density at radius 1 is 1.07 bits per heavy atom. The summed E-state index contributed by atoms with van der Waals surface area (Å²) in [7, 11) is 0. The minimum Gasteiger partial charge on any atom is -0.478 e. The number of hydrogen-bond acceptors (Lipinski definition) is 4. The fourth-order valence-corrected chi connectivity index (χ4v) is 2.25. The van der Waals surface area contributed by atoms with Crippen molar-refractivity contribution in [1.82, 2.24) is 5.32 Å². The van der Waals surface area contributed by atoms with E-state index in [1.165, 1.54) is 0 Å². The first-order chi connectivity index (χ1) is 19.8. The third kappa shape index (κ3) is 6.06. The van der Waals surface area contributed by atoms with Crippen LogP contribution in [-0.2, 0) is 0 Å². The van der Waals surface area contributed by atoms with E-state index < -0.39 is 137 Å². The third-order valence-corrected chi connectivity index (χ3v) is 3.62. The second-order valence-electron chi connectivity index (χ2n) is 5.46. The number of rotatable bonds is 9. The number of benzene rings is 3. The molecule has 0 heterocycles. The van der Waals surface area contributed by atoms with Crippen molar-refractivity contribution in [2.24, 2.45) is 0 Å². The van der Waals surface area contributed by atoms with Gasteiger partial charge in [0.1, 0.15) is 0 Å². The highest BCUT2D eigenvalue weighted by molar-refractivity contribution is 6.30. The van der Waals surface area contributed by atoms with E-state index in [1.807, 2.05) is 0 Å². The van der Waals surface area contributed by atoms with Crippen molar-refractivity contribution in [3.63, 3.8) is 0 Å². The summed E-state index contributed by atoms with van der Waals surface area (Å²) in [6, 6.07) is -9.23. The van der Waals surface area contributed by atoms with Crippen molar-refractivity contribution in [1.29, 1.82) is 0 Å². The van der Waals surface area contributed by atoms with E-state index in [1.54, 1.807) is 0 Å². The fourth-order valence-electron chi connectivity index (χ4n) is 2.10. The molecule has 0 fully saturated rings. The predicted octanol–water partition coefficient (Wildman–Crippen LogP) is 4.44. The van der Waals surface area contributed by atoms with Crippen LogP contribution in [0, 0.1) is 0 Å². The van der Waals surface area contributed by atoms with Gasteiger partial charge in [0, 0.05) is 33.0 Å². The smallest absolute Gasteiger partial charge is 0.335 e. The highest BCUT2D eigenvalue weighted by Gasteiger charge is 2.07. The topological polar surface area (TPSA) is 81.6 Å². The zero-order chi connectivity index (χ0) is 32.9. The van der Waals surface area contributed by atoms with Gasteiger partial charge in [-0.3, -0.25) is 0 Å². The van der Waals surface area contributed by atoms with Gasteiger partial charge in [-0.05, 0) is 52.9 Å². The molecule has 0 bridgehead atoms. The molecule has 0 saturated carbocycles. The molecule has 150 valence electrons. The Kier molecular flexibility index (Phi) is 3.23. The van der Waals surface area contributed by atoms with Gasteiger partial charge in [0.15, 0.2) is 0 Å². The maximum atomic E-state index is 11.7. The quantitative estimate of drug-likeness (QED) is 0.408. The van der Waals surface area contributed by atoms with Gasteiger partial charge in [-0.2, -0.15) is 0 Å². The van der Waals surface area contributed by atoms with Gasteiger partial charge in [0.2, 0.25) is 0 Å². The number of carboxylic acids is 1. The fraction of sp³-hybridized carbons (Fsp3) is 0.174. The number of aromatic carboxylic acids is 1. The van der Waals surface area contributed by atoms with E-state index in [9.17, 15) is 15.0 Å². The Bertz CT molecular complexity index is 1620. The number of carboxylic acid groups (broad SMARTS) is 1. The Balaban J connectivity index is 1.98. The SMILES string of the molecule is [2H]c1c([2H])c(NCC([2H])([2H])NC[C@H](O)c2c([2H])c([2H])c([2H])c(Cl)c2[2H])c([2H])c(-c2c([2H])c([2H])c([2H])c(C(=O)O)c2[2H])c1[2H]. The molecule has 4 N–H and O–H groups in total. The first kappa shape index (κ1) is 9.30. The molecule has 0 saturated heterocycles. The van der Waals surface area contributed by atoms with Crippen LogP contribution in [0.1, 0.15) is 41.2 Å². The van der Waals surface area contributed by atoms with Crippen LogP contribution in [0.3, 0.4) is 0 Å². The zero-order valence-corrected chi connectivity index (χ0v) is 15.4. The van der Waals surface area contributed by atoms with Crippen LogP contribution in [0.25, 0.3) is 11.1 Å². The number of halogens is 1. The molecule has 5 nitrogen and oxygen atoms in total. The molecule has 3 rings (SSSR count). The van der Waals surface area contributed by atoms with Gasteiger partial charge < -0.3 is 20.8 Å². The molecule has 1 atom stereocenters. The maximum absolute atomic E-state index is 11.7. The molecule has 6 heteroatoms. The van der Waals surface area contributed by atoms with Crippen molar-refractivity contribution < 1.29 is 34.2 Å². The van der Waals surface area contributed by atoms with Crippen LogP contribution in [-0.4, -0.2) is 35.8 Å². The molecule has 0 aliphatic carbocycles. The lowest BCUT2D eigenvalue weighted by atomic mass is 10.0. The maximum Gasteiger partial charge on any atom is 0.335 e. The van der Waals surface area contributed by atoms with E-state index >= 15 is 0 Å². The highest BCUT2D eigenvalue weighted by Crippen LogP contribution is 2.23. The average molecular weight is 425 g/mol. The normalized spacial score (nSPS) is 19.1. The minimum absolute atomic E-state index is 0.413. The Labute approximate surface area is 194 Å². The second kappa shape index (κ2) is 10.1. The number of aliphatic hydroxyl groups is 1. The largest absolute Gasteiger partial charge is 0.478 e. The van der Waals surface area contributed by atoms with Crippen molar-refractivity contribution >= 4 is 23.3 Å². The summed E-state index contributed by atoms with van der Waals surface area (Å²) in [6.07, 6.45) is -1.71. The lowest BCUT2D eigenvalue weighted by Gasteiger charge is -2.13. The lowest BCUT2D eigenvalue weighted by Crippen LogP contribution is -2.26. The predicted molar refractivity (Wildman–Crippen MR) is 117 cm³/mol. The van der Waals surface area contributed by atoms with Crippen LogP contribution in [0.4, 0.5) is 5.69 Å². The average Bonchev–Trinajstić information content (AvgIpc) is 2.93. The molecule has 0 radical (unpaired) electrons. The molecule has 3 aromatic rings. The van der Waals surface area contributed by atoms with Gasteiger partial charge >= 0.3 is 5.97 Å². The van der Waals surface area contributed by atoms with Gasteiger partial charge in [-0.1, -0.05) is 47.9 Å². The molecule has 0 spiro atoms. The molecule has 29 heavy (non-hydrogen) atoms. The molecule has 0 unspecified atom stereocenters. The Hall–Kier alpha value is -2.86. The number of aliphatic hydroxyl groups excluding tert-OH is 1. The number of nitrogens with one attached hydrogen (secondary N) is 2. The Morgan fingerprint density at radius 2 is 1.79 bits per heavy atom. The summed E-state index contributed by atoms with van der Waals surface area (Å²) in [6.45, 7) is -3.81. The summed E-state index contributed by atoms with van der Waals surface area (Å²) in [5, 5.41) is 24.3. The van der Waals surface area contributed by atoms with Gasteiger partial charge in [-0.15, -0.1) is 0 Å². The summed E-state index contributed by atoms with van der Waals surface area (Å²) in [5.41, 5.74) is -3.25. The number of anilines is 1. The molecule has 3 aromatic carbocycles. The molecule has 0 aliphatic rings. The van der Waals surface area contributed by atoms with Gasteiger partial charge in [-0.25, -0.2) is 4.79 Å². The molecule has 0 aliphatic heterocycles. The van der Waals surface area contributed by atoms with Crippen LogP contribution < -0.4 is 10.6 Å². The minimum atomic E-state index is -2.45. The van der Waals surface area contributed by atoms with Crippen LogP contribution in [0.5, 0.6) is 0 Å². The van der Waals surface area contributed by atoms with Crippen molar-refractivity contribution in [3.05, 3.63) is 88.7 Å². The van der Waals surface area contributed by atoms with E-state index in [0.29, 0.717) is 0 Å². The number of hydrogen-bond donors (Lipinski definition) is 4. The molecular formula is C23H23ClN2O3. The van der Waals surface area contributed by atoms with Crippen LogP contribution in [0.15, 0.2) is 72.5 Å². The van der Waals surface area contributed by atoms with E-state index in [-0.39, 0.29) is 0 Å². The van der Waals surface area contributed by atoms with Gasteiger partial charge in [0.05, 0.1) is 28.1 Å². The summed E-state index contributed by atoms with van der Waals surface area (Å²) in [4.78, 5) is 11.7. The van der Waals surface area contributed by atoms with Crippen molar-refractivity contribution in [2.45, 2.75) is 6.10 Å². The lowest BCUT2D eigenvalue weighted by molar-refractivity contribution is 0.0697. The molecular weight excluding hydrogens is 388 g/mol. The van der Waals surface area contributed by atoms with E-state index in [2.05, 4.69) is 10.6 Å². The summed E-state index contributed by atoms with van der Waals surface area (Å²) in [5.74, 6) is -1.77. The highest BCUT2D eigenvalue weighted by atomic mass is 35.5. The summed E-state index contributed by atoms with van der Waals surface area (Å²) >= 11 is 5.85. The third-order valence-electron chi connectivity index (χ3n) is 3.43. The second-order valence-corrected chi connectivity index (χ2v) is 5.84. The van der Waals surface area contributed by atoms with Crippen molar-refractivity contribution in [2.75, 3.05) is 24.9 Å². The van der Waals surface area contributed by atoms with Gasteiger partial charge in [0.25, 0.3) is 0 Å². The van der Waals surface area contributed by atoms with Crippen LogP contribution >= 0.6 is 11.6 Å². The van der Waals surface area contributed by atoms with E-state index in [4.69, 9.17) is 30.8 Å². The first-order valence-corrected chi connectivity index (χ1v) is 8.51. The zero-order valence-electron chi connectivity index (χ0n) is 28.7.